The first-order valence-electron chi connectivity index (χ1n) is 6.49. The Morgan fingerprint density at radius 3 is 2.84 bits per heavy atom. The van der Waals surface area contributed by atoms with Crippen LogP contribution in [-0.2, 0) is 4.79 Å². The van der Waals surface area contributed by atoms with Gasteiger partial charge in [-0.05, 0) is 30.5 Å². The summed E-state index contributed by atoms with van der Waals surface area (Å²) < 4.78 is 0. The van der Waals surface area contributed by atoms with Crippen LogP contribution in [0, 0.1) is 12.8 Å². The van der Waals surface area contributed by atoms with Gasteiger partial charge in [0.05, 0.1) is 17.3 Å². The summed E-state index contributed by atoms with van der Waals surface area (Å²) in [5.41, 5.74) is 7.68. The number of halogens is 1. The predicted octanol–water partition coefficient (Wildman–Crippen LogP) is 1.87. The molecule has 0 aliphatic carbocycles. The predicted molar refractivity (Wildman–Crippen MR) is 78.4 cm³/mol. The summed E-state index contributed by atoms with van der Waals surface area (Å²) >= 11 is 6.09. The zero-order valence-corrected chi connectivity index (χ0v) is 12.1. The largest absolute Gasteiger partial charge is 0.326 e. The fourth-order valence-corrected chi connectivity index (χ4v) is 2.62. The Hall–Kier alpha value is -1.10. The normalized spacial score (nSPS) is 23.6. The minimum absolute atomic E-state index is 0.0490. The fraction of sp³-hybridized carbons (Fsp3) is 0.500. The van der Waals surface area contributed by atoms with E-state index in [2.05, 4.69) is 17.1 Å². The van der Waals surface area contributed by atoms with Crippen molar-refractivity contribution in [3.63, 3.8) is 0 Å². The van der Waals surface area contributed by atoms with Gasteiger partial charge in [0, 0.05) is 19.1 Å². The summed E-state index contributed by atoms with van der Waals surface area (Å²) in [7, 11) is 0. The molecule has 1 amide bonds. The number of carbonyl (C=O) groups is 1. The van der Waals surface area contributed by atoms with E-state index in [1.807, 2.05) is 25.1 Å². The number of carbonyl (C=O) groups excluding carboxylic acids is 1. The Morgan fingerprint density at radius 1 is 1.53 bits per heavy atom. The highest BCUT2D eigenvalue weighted by Crippen LogP contribution is 2.22. The van der Waals surface area contributed by atoms with Crippen LogP contribution < -0.4 is 11.1 Å². The van der Waals surface area contributed by atoms with Gasteiger partial charge in [-0.25, -0.2) is 0 Å². The van der Waals surface area contributed by atoms with E-state index in [1.54, 1.807) is 0 Å². The van der Waals surface area contributed by atoms with Gasteiger partial charge in [0.15, 0.2) is 0 Å². The monoisotopic (exact) mass is 281 g/mol. The molecule has 1 heterocycles. The minimum atomic E-state index is -0.0490. The molecule has 0 aromatic heterocycles. The van der Waals surface area contributed by atoms with Crippen LogP contribution in [0.3, 0.4) is 0 Å². The molecule has 3 N–H and O–H groups in total. The third-order valence-corrected chi connectivity index (χ3v) is 3.82. The maximum absolute atomic E-state index is 12.0. The second kappa shape index (κ2) is 5.90. The third-order valence-electron chi connectivity index (χ3n) is 3.51. The number of rotatable bonds is 3. The second-order valence-electron chi connectivity index (χ2n) is 5.37. The van der Waals surface area contributed by atoms with E-state index >= 15 is 0 Å². The summed E-state index contributed by atoms with van der Waals surface area (Å²) in [6.45, 7) is 6.08. The molecule has 5 heteroatoms. The molecule has 1 saturated heterocycles. The summed E-state index contributed by atoms with van der Waals surface area (Å²) in [5, 5.41) is 3.41. The Labute approximate surface area is 118 Å². The molecular formula is C14H20ClN3O. The van der Waals surface area contributed by atoms with Gasteiger partial charge in [0.25, 0.3) is 0 Å². The number of nitrogens with one attached hydrogen (secondary N) is 1. The lowest BCUT2D eigenvalue weighted by Gasteiger charge is -2.15. The standard InChI is InChI=1S/C14H20ClN3O/c1-9-3-4-13(11(15)5-9)17-14(19)8-18-6-10(2)12(16)7-18/h3-5,10,12H,6-8,16H2,1-2H3,(H,17,19). The molecule has 2 rings (SSSR count). The lowest BCUT2D eigenvalue weighted by Crippen LogP contribution is -2.33. The molecule has 1 aliphatic heterocycles. The summed E-state index contributed by atoms with van der Waals surface area (Å²) in [6.07, 6.45) is 0. The maximum Gasteiger partial charge on any atom is 0.238 e. The Bertz CT molecular complexity index is 468. The number of amides is 1. The topological polar surface area (TPSA) is 58.4 Å². The van der Waals surface area contributed by atoms with E-state index < -0.39 is 0 Å². The fourth-order valence-electron chi connectivity index (χ4n) is 2.34. The molecule has 2 unspecified atom stereocenters. The van der Waals surface area contributed by atoms with Crippen molar-refractivity contribution in [1.29, 1.82) is 0 Å². The van der Waals surface area contributed by atoms with Gasteiger partial charge in [-0.2, -0.15) is 0 Å². The van der Waals surface area contributed by atoms with Crippen LogP contribution in [0.5, 0.6) is 0 Å². The van der Waals surface area contributed by atoms with Crippen LogP contribution in [-0.4, -0.2) is 36.5 Å². The minimum Gasteiger partial charge on any atom is -0.326 e. The van der Waals surface area contributed by atoms with Crippen LogP contribution in [0.25, 0.3) is 0 Å². The SMILES string of the molecule is Cc1ccc(NC(=O)CN2CC(C)C(N)C2)c(Cl)c1. The number of likely N-dealkylation sites (tertiary alicyclic amines) is 1. The van der Waals surface area contributed by atoms with Gasteiger partial charge in [-0.15, -0.1) is 0 Å². The summed E-state index contributed by atoms with van der Waals surface area (Å²) in [5.74, 6) is 0.391. The highest BCUT2D eigenvalue weighted by Gasteiger charge is 2.27. The number of hydrogen-bond acceptors (Lipinski definition) is 3. The summed E-state index contributed by atoms with van der Waals surface area (Å²) in [4.78, 5) is 14.0. The highest BCUT2D eigenvalue weighted by atomic mass is 35.5. The molecule has 1 fully saturated rings. The number of benzene rings is 1. The van der Waals surface area contributed by atoms with Crippen molar-refractivity contribution in [3.05, 3.63) is 28.8 Å². The molecule has 0 spiro atoms. The molecule has 4 nitrogen and oxygen atoms in total. The van der Waals surface area contributed by atoms with Crippen LogP contribution in [0.1, 0.15) is 12.5 Å². The van der Waals surface area contributed by atoms with Crippen molar-refractivity contribution in [1.82, 2.24) is 4.90 Å². The molecule has 0 saturated carbocycles. The highest BCUT2D eigenvalue weighted by molar-refractivity contribution is 6.33. The Balaban J connectivity index is 1.91. The molecular weight excluding hydrogens is 262 g/mol. The molecule has 19 heavy (non-hydrogen) atoms. The van der Waals surface area contributed by atoms with Crippen LogP contribution in [0.4, 0.5) is 5.69 Å². The van der Waals surface area contributed by atoms with E-state index in [4.69, 9.17) is 17.3 Å². The number of aryl methyl sites for hydroxylation is 1. The van der Waals surface area contributed by atoms with Gasteiger partial charge in [0.2, 0.25) is 5.91 Å². The number of nitrogens with two attached hydrogens (primary N) is 1. The molecule has 104 valence electrons. The molecule has 0 bridgehead atoms. The Kier molecular flexibility index (Phi) is 4.45. The van der Waals surface area contributed by atoms with Crippen molar-refractivity contribution in [2.24, 2.45) is 11.7 Å². The molecule has 1 aliphatic rings. The van der Waals surface area contributed by atoms with Crippen LogP contribution in [0.15, 0.2) is 18.2 Å². The van der Waals surface area contributed by atoms with E-state index in [1.165, 1.54) is 0 Å². The first-order valence-corrected chi connectivity index (χ1v) is 6.87. The van der Waals surface area contributed by atoms with Crippen molar-refractivity contribution in [2.75, 3.05) is 25.0 Å². The maximum atomic E-state index is 12.0. The van der Waals surface area contributed by atoms with E-state index in [-0.39, 0.29) is 11.9 Å². The first kappa shape index (κ1) is 14.3. The molecule has 2 atom stereocenters. The molecule has 0 radical (unpaired) electrons. The summed E-state index contributed by atoms with van der Waals surface area (Å²) in [6, 6.07) is 5.75. The zero-order chi connectivity index (χ0) is 14.0. The second-order valence-corrected chi connectivity index (χ2v) is 5.77. The average molecular weight is 282 g/mol. The van der Waals surface area contributed by atoms with Gasteiger partial charge in [-0.3, -0.25) is 9.69 Å². The van der Waals surface area contributed by atoms with Gasteiger partial charge in [-0.1, -0.05) is 24.6 Å². The van der Waals surface area contributed by atoms with E-state index in [9.17, 15) is 4.79 Å². The lowest BCUT2D eigenvalue weighted by atomic mass is 10.1. The van der Waals surface area contributed by atoms with Crippen LogP contribution >= 0.6 is 11.6 Å². The van der Waals surface area contributed by atoms with Gasteiger partial charge >= 0.3 is 0 Å². The first-order chi connectivity index (χ1) is 8.95. The lowest BCUT2D eigenvalue weighted by molar-refractivity contribution is -0.117. The smallest absolute Gasteiger partial charge is 0.238 e. The van der Waals surface area contributed by atoms with Crippen LogP contribution in [0.2, 0.25) is 5.02 Å². The number of anilines is 1. The van der Waals surface area contributed by atoms with Crippen molar-refractivity contribution < 1.29 is 4.79 Å². The quantitative estimate of drug-likeness (QED) is 0.889. The van der Waals surface area contributed by atoms with Gasteiger partial charge < -0.3 is 11.1 Å². The Morgan fingerprint density at radius 2 is 2.26 bits per heavy atom. The van der Waals surface area contributed by atoms with E-state index in [0.717, 1.165) is 18.7 Å². The third kappa shape index (κ3) is 3.69. The molecule has 1 aromatic carbocycles. The number of hydrogen-bond donors (Lipinski definition) is 2. The van der Waals surface area contributed by atoms with Crippen molar-refractivity contribution >= 4 is 23.2 Å². The van der Waals surface area contributed by atoms with Gasteiger partial charge in [0.1, 0.15) is 0 Å². The number of nitrogens with zero attached hydrogens (tertiary/aromatic N) is 1. The van der Waals surface area contributed by atoms with Crippen molar-refractivity contribution in [2.45, 2.75) is 19.9 Å². The van der Waals surface area contributed by atoms with Crippen molar-refractivity contribution in [3.8, 4) is 0 Å². The molecule has 1 aromatic rings. The van der Waals surface area contributed by atoms with E-state index in [0.29, 0.717) is 23.2 Å². The average Bonchev–Trinajstić information content (AvgIpc) is 2.62. The zero-order valence-electron chi connectivity index (χ0n) is 11.3.